The van der Waals surface area contributed by atoms with Crippen LogP contribution in [0.1, 0.15) is 48.5 Å². The molecule has 1 aliphatic carbocycles. The van der Waals surface area contributed by atoms with Gasteiger partial charge in [-0.2, -0.15) is 0 Å². The highest BCUT2D eigenvalue weighted by molar-refractivity contribution is 6.32. The second-order valence-corrected chi connectivity index (χ2v) is 8.87. The SMILES string of the molecule is COC(=O)c1cc(Cl)c2c(c1C)O[C@](C)(C1CCN(C(=O)C3CC(F)(F)C3)CC1)O2. The molecular formula is C21H24ClF2NO5. The number of likely N-dealkylation sites (tertiary alicyclic amines) is 1. The largest absolute Gasteiger partial charge is 0.465 e. The Morgan fingerprint density at radius 1 is 1.20 bits per heavy atom. The van der Waals surface area contributed by atoms with Crippen molar-refractivity contribution >= 4 is 23.5 Å². The molecule has 0 spiro atoms. The molecule has 0 unspecified atom stereocenters. The fourth-order valence-corrected chi connectivity index (χ4v) is 4.79. The lowest BCUT2D eigenvalue weighted by atomic mass is 9.79. The van der Waals surface area contributed by atoms with E-state index in [1.54, 1.807) is 11.8 Å². The number of nitrogens with zero attached hydrogens (tertiary/aromatic N) is 1. The zero-order valence-electron chi connectivity index (χ0n) is 17.1. The molecule has 1 saturated carbocycles. The van der Waals surface area contributed by atoms with Gasteiger partial charge in [-0.15, -0.1) is 0 Å². The maximum Gasteiger partial charge on any atom is 0.338 e. The van der Waals surface area contributed by atoms with Crippen molar-refractivity contribution in [2.75, 3.05) is 20.2 Å². The maximum atomic E-state index is 13.1. The molecule has 9 heteroatoms. The quantitative estimate of drug-likeness (QED) is 0.655. The van der Waals surface area contributed by atoms with E-state index >= 15 is 0 Å². The Bertz CT molecular complexity index is 892. The predicted octanol–water partition coefficient (Wildman–Crippen LogP) is 4.21. The van der Waals surface area contributed by atoms with Gasteiger partial charge in [-0.3, -0.25) is 4.79 Å². The first-order chi connectivity index (χ1) is 14.0. The van der Waals surface area contributed by atoms with E-state index in [9.17, 15) is 18.4 Å². The number of rotatable bonds is 3. The fourth-order valence-electron chi connectivity index (χ4n) is 4.55. The highest BCUT2D eigenvalue weighted by atomic mass is 35.5. The number of ether oxygens (including phenoxy) is 3. The Balaban J connectivity index is 1.44. The number of carbonyl (C=O) groups excluding carboxylic acids is 2. The molecule has 0 radical (unpaired) electrons. The van der Waals surface area contributed by atoms with Gasteiger partial charge in [0.05, 0.1) is 17.7 Å². The third-order valence-corrected chi connectivity index (χ3v) is 6.72. The molecule has 2 heterocycles. The number of esters is 1. The summed E-state index contributed by atoms with van der Waals surface area (Å²) in [5.74, 6) is -4.21. The molecule has 1 amide bonds. The third kappa shape index (κ3) is 3.49. The van der Waals surface area contributed by atoms with Gasteiger partial charge < -0.3 is 19.1 Å². The lowest BCUT2D eigenvalue weighted by Crippen LogP contribution is -2.52. The molecule has 1 aromatic carbocycles. The van der Waals surface area contributed by atoms with Crippen molar-refractivity contribution in [1.82, 2.24) is 4.90 Å². The van der Waals surface area contributed by atoms with E-state index in [4.69, 9.17) is 25.8 Å². The molecule has 30 heavy (non-hydrogen) atoms. The van der Waals surface area contributed by atoms with E-state index in [1.165, 1.54) is 13.2 Å². The van der Waals surface area contributed by atoms with Gasteiger partial charge in [-0.05, 0) is 25.8 Å². The molecule has 2 aliphatic heterocycles. The molecule has 6 nitrogen and oxygen atoms in total. The summed E-state index contributed by atoms with van der Waals surface area (Å²) < 4.78 is 43.2. The van der Waals surface area contributed by atoms with E-state index < -0.39 is 23.6 Å². The van der Waals surface area contributed by atoms with Crippen LogP contribution in [0.3, 0.4) is 0 Å². The Kier molecular flexibility index (Phi) is 5.11. The van der Waals surface area contributed by atoms with Crippen molar-refractivity contribution in [2.24, 2.45) is 11.8 Å². The van der Waals surface area contributed by atoms with Crippen LogP contribution in [0.5, 0.6) is 11.5 Å². The fraction of sp³-hybridized carbons (Fsp3) is 0.619. The zero-order chi connectivity index (χ0) is 21.8. The van der Waals surface area contributed by atoms with Crippen LogP contribution < -0.4 is 9.47 Å². The topological polar surface area (TPSA) is 65.1 Å². The van der Waals surface area contributed by atoms with Crippen LogP contribution >= 0.6 is 11.6 Å². The number of halogens is 3. The second-order valence-electron chi connectivity index (χ2n) is 8.46. The number of piperidine rings is 1. The van der Waals surface area contributed by atoms with Crippen LogP contribution in [0.15, 0.2) is 6.07 Å². The smallest absolute Gasteiger partial charge is 0.338 e. The van der Waals surface area contributed by atoms with Gasteiger partial charge in [0.15, 0.2) is 11.5 Å². The van der Waals surface area contributed by atoms with Crippen LogP contribution in [0.25, 0.3) is 0 Å². The van der Waals surface area contributed by atoms with Crippen molar-refractivity contribution in [3.63, 3.8) is 0 Å². The highest BCUT2D eigenvalue weighted by Gasteiger charge is 2.51. The lowest BCUT2D eigenvalue weighted by molar-refractivity contribution is -0.165. The average Bonchev–Trinajstić information content (AvgIpc) is 3.07. The number of carbonyl (C=O) groups is 2. The normalized spacial score (nSPS) is 25.7. The number of amides is 1. The standard InChI is InChI=1S/C21H24ClF2NO5/c1-11-14(19(27)28-3)8-15(22)17-16(11)29-20(2,30-17)13-4-6-25(7-5-13)18(26)12-9-21(23,24)10-12/h8,12-13H,4-7,9-10H2,1-3H3/t20-/m0/s1. The molecule has 2 fully saturated rings. The summed E-state index contributed by atoms with van der Waals surface area (Å²) in [7, 11) is 1.30. The van der Waals surface area contributed by atoms with Gasteiger partial charge in [-0.1, -0.05) is 11.6 Å². The molecule has 1 saturated heterocycles. The number of hydrogen-bond acceptors (Lipinski definition) is 5. The number of benzene rings is 1. The lowest BCUT2D eigenvalue weighted by Gasteiger charge is -2.42. The maximum absolute atomic E-state index is 13.1. The summed E-state index contributed by atoms with van der Waals surface area (Å²) in [6, 6.07) is 1.51. The first-order valence-electron chi connectivity index (χ1n) is 10.0. The van der Waals surface area contributed by atoms with Gasteiger partial charge in [0.25, 0.3) is 5.79 Å². The summed E-state index contributed by atoms with van der Waals surface area (Å²) in [6.07, 6.45) is 0.510. The summed E-state index contributed by atoms with van der Waals surface area (Å²) in [4.78, 5) is 26.1. The molecule has 1 atom stereocenters. The molecule has 1 aromatic rings. The summed E-state index contributed by atoms with van der Waals surface area (Å²) in [5, 5.41) is 0.262. The molecular weight excluding hydrogens is 420 g/mol. The first kappa shape index (κ1) is 21.2. The monoisotopic (exact) mass is 443 g/mol. The van der Waals surface area contributed by atoms with Gasteiger partial charge in [0.1, 0.15) is 0 Å². The van der Waals surface area contributed by atoms with E-state index in [-0.39, 0.29) is 29.7 Å². The van der Waals surface area contributed by atoms with Gasteiger partial charge >= 0.3 is 5.97 Å². The Morgan fingerprint density at radius 2 is 1.80 bits per heavy atom. The summed E-state index contributed by atoms with van der Waals surface area (Å²) in [6.45, 7) is 4.48. The predicted molar refractivity (Wildman–Crippen MR) is 104 cm³/mol. The second kappa shape index (κ2) is 7.25. The van der Waals surface area contributed by atoms with Crippen molar-refractivity contribution in [1.29, 1.82) is 0 Å². The van der Waals surface area contributed by atoms with Crippen molar-refractivity contribution in [3.8, 4) is 11.5 Å². The van der Waals surface area contributed by atoms with Crippen LogP contribution in [0.2, 0.25) is 5.02 Å². The van der Waals surface area contributed by atoms with Crippen molar-refractivity contribution < 1.29 is 32.6 Å². The molecule has 3 aliphatic rings. The minimum atomic E-state index is -2.70. The van der Waals surface area contributed by atoms with Gasteiger partial charge in [-0.25, -0.2) is 13.6 Å². The summed E-state index contributed by atoms with van der Waals surface area (Å²) >= 11 is 6.33. The molecule has 0 N–H and O–H groups in total. The van der Waals surface area contributed by atoms with Crippen LogP contribution in [-0.2, 0) is 9.53 Å². The molecule has 0 bridgehead atoms. The minimum absolute atomic E-state index is 0.0335. The van der Waals surface area contributed by atoms with Gasteiger partial charge in [0, 0.05) is 50.3 Å². The molecule has 164 valence electrons. The van der Waals surface area contributed by atoms with Crippen LogP contribution in [0, 0.1) is 18.8 Å². The number of alkyl halides is 2. The van der Waals surface area contributed by atoms with Crippen molar-refractivity contribution in [2.45, 2.75) is 51.2 Å². The number of methoxy groups -OCH3 is 1. The first-order valence-corrected chi connectivity index (χ1v) is 10.4. The zero-order valence-corrected chi connectivity index (χ0v) is 17.9. The number of fused-ring (bicyclic) bond motifs is 1. The van der Waals surface area contributed by atoms with E-state index in [1.807, 2.05) is 6.92 Å². The van der Waals surface area contributed by atoms with E-state index in [0.29, 0.717) is 48.6 Å². The van der Waals surface area contributed by atoms with E-state index in [2.05, 4.69) is 0 Å². The Labute approximate surface area is 178 Å². The van der Waals surface area contributed by atoms with E-state index in [0.717, 1.165) is 0 Å². The Morgan fingerprint density at radius 3 is 2.37 bits per heavy atom. The third-order valence-electron chi connectivity index (χ3n) is 6.44. The number of hydrogen-bond donors (Lipinski definition) is 0. The highest BCUT2D eigenvalue weighted by Crippen LogP contribution is 2.51. The van der Waals surface area contributed by atoms with Crippen LogP contribution in [-0.4, -0.2) is 48.7 Å². The Hall–Kier alpha value is -2.09. The minimum Gasteiger partial charge on any atom is -0.465 e. The van der Waals surface area contributed by atoms with Gasteiger partial charge in [0.2, 0.25) is 11.8 Å². The van der Waals surface area contributed by atoms with Crippen LogP contribution in [0.4, 0.5) is 8.78 Å². The van der Waals surface area contributed by atoms with Crippen molar-refractivity contribution in [3.05, 3.63) is 22.2 Å². The molecule has 0 aromatic heterocycles. The average molecular weight is 444 g/mol. The summed E-state index contributed by atoms with van der Waals surface area (Å²) in [5.41, 5.74) is 0.898. The molecule has 4 rings (SSSR count).